The van der Waals surface area contributed by atoms with Gasteiger partial charge in [-0.15, -0.1) is 0 Å². The summed E-state index contributed by atoms with van der Waals surface area (Å²) in [6.07, 6.45) is 2.83. The zero-order valence-electron chi connectivity index (χ0n) is 20.9. The highest BCUT2D eigenvalue weighted by molar-refractivity contribution is 6.01. The van der Waals surface area contributed by atoms with Crippen LogP contribution in [0.2, 0.25) is 0 Å². The van der Waals surface area contributed by atoms with Crippen LogP contribution in [0.3, 0.4) is 0 Å². The van der Waals surface area contributed by atoms with Crippen LogP contribution in [0.1, 0.15) is 69.9 Å². The molecule has 0 spiro atoms. The highest BCUT2D eigenvalue weighted by atomic mass is 19.1. The molecule has 9 heteroatoms. The first kappa shape index (κ1) is 24.3. The number of ether oxygens (including phenoxy) is 1. The molecule has 4 heterocycles. The Morgan fingerprint density at radius 2 is 1.95 bits per heavy atom. The summed E-state index contributed by atoms with van der Waals surface area (Å²) in [7, 11) is 0. The summed E-state index contributed by atoms with van der Waals surface area (Å²) >= 11 is 0. The van der Waals surface area contributed by atoms with Crippen LogP contribution >= 0.6 is 0 Å². The van der Waals surface area contributed by atoms with Crippen molar-refractivity contribution in [2.75, 3.05) is 6.54 Å². The molecule has 7 nitrogen and oxygen atoms in total. The van der Waals surface area contributed by atoms with Crippen molar-refractivity contribution in [1.29, 1.82) is 0 Å². The predicted octanol–water partition coefficient (Wildman–Crippen LogP) is 4.13. The number of halogens is 2. The van der Waals surface area contributed by atoms with Crippen molar-refractivity contribution in [2.45, 2.75) is 57.3 Å². The van der Waals surface area contributed by atoms with Crippen molar-refractivity contribution in [3.63, 3.8) is 0 Å². The van der Waals surface area contributed by atoms with E-state index < -0.39 is 28.5 Å². The van der Waals surface area contributed by atoms with E-state index in [1.54, 1.807) is 0 Å². The molecule has 3 aliphatic heterocycles. The lowest BCUT2D eigenvalue weighted by Gasteiger charge is -2.46. The number of rotatable bonds is 6. The Hall–Kier alpha value is -4.01. The highest BCUT2D eigenvalue weighted by Gasteiger charge is 2.55. The maximum Gasteiger partial charge on any atom is 0.275 e. The third-order valence-corrected chi connectivity index (χ3v) is 8.19. The first-order valence-electron chi connectivity index (χ1n) is 12.8. The number of hydrogen-bond donors (Lipinski definition) is 1. The second-order valence-electron chi connectivity index (χ2n) is 10.4. The number of fused-ring (bicyclic) bond motifs is 2. The Labute approximate surface area is 218 Å². The van der Waals surface area contributed by atoms with Gasteiger partial charge in [-0.3, -0.25) is 14.4 Å². The zero-order valence-corrected chi connectivity index (χ0v) is 20.9. The average Bonchev–Trinajstić information content (AvgIpc) is 3.51. The fraction of sp³-hybridized carbons (Fsp3) is 0.345. The monoisotopic (exact) mass is 519 g/mol. The minimum Gasteiger partial charge on any atom is -0.483 e. The van der Waals surface area contributed by atoms with E-state index in [0.717, 1.165) is 30.5 Å². The van der Waals surface area contributed by atoms with Crippen LogP contribution < -0.4 is 15.5 Å². The molecule has 1 N–H and O–H groups in total. The number of hydrogen-bond acceptors (Lipinski definition) is 4. The normalized spacial score (nSPS) is 21.3. The van der Waals surface area contributed by atoms with E-state index in [9.17, 15) is 23.2 Å². The molecule has 2 atom stereocenters. The van der Waals surface area contributed by atoms with Gasteiger partial charge in [0.05, 0.1) is 11.6 Å². The number of carbonyl (C=O) groups is 2. The molecule has 1 saturated heterocycles. The minimum atomic E-state index is -0.788. The van der Waals surface area contributed by atoms with Gasteiger partial charge in [-0.1, -0.05) is 36.4 Å². The summed E-state index contributed by atoms with van der Waals surface area (Å²) in [6.45, 7) is 2.51. The maximum absolute atomic E-state index is 14.2. The van der Waals surface area contributed by atoms with Crippen molar-refractivity contribution >= 4 is 11.8 Å². The summed E-state index contributed by atoms with van der Waals surface area (Å²) in [4.78, 5) is 42.9. The van der Waals surface area contributed by atoms with Gasteiger partial charge in [0, 0.05) is 30.4 Å². The van der Waals surface area contributed by atoms with Gasteiger partial charge < -0.3 is 19.5 Å². The summed E-state index contributed by atoms with van der Waals surface area (Å²) < 4.78 is 35.4. The molecule has 2 aromatic carbocycles. The van der Waals surface area contributed by atoms with E-state index in [1.165, 1.54) is 6.07 Å². The number of aromatic nitrogens is 1. The van der Waals surface area contributed by atoms with Gasteiger partial charge in [-0.2, -0.15) is 0 Å². The zero-order chi connectivity index (χ0) is 26.6. The molecule has 2 amide bonds. The average molecular weight is 520 g/mol. The van der Waals surface area contributed by atoms with Crippen LogP contribution in [0, 0.1) is 11.6 Å². The molecule has 0 aliphatic carbocycles. The highest BCUT2D eigenvalue weighted by Crippen LogP contribution is 2.50. The van der Waals surface area contributed by atoms with Gasteiger partial charge in [0.15, 0.2) is 11.4 Å². The van der Waals surface area contributed by atoms with Gasteiger partial charge in [0.2, 0.25) is 5.43 Å². The molecule has 1 aromatic heterocycles. The standard InChI is InChI=1S/C29H27F2N3O4/c1-29-12-5-13-33(29)28(37)24-26(38-16-17-6-3-2-4-7-17)25(35)23(21-10-11-22(29)34(21)24)27(36)32-15-18-8-9-19(30)14-20(18)31/h2-4,6-9,14,22H,5,10-13,15-16H2,1H3,(H,32,36). The molecular formula is C29H27F2N3O4. The summed E-state index contributed by atoms with van der Waals surface area (Å²) in [5, 5.41) is 2.62. The van der Waals surface area contributed by atoms with Crippen molar-refractivity contribution in [2.24, 2.45) is 0 Å². The Morgan fingerprint density at radius 3 is 2.71 bits per heavy atom. The van der Waals surface area contributed by atoms with Crippen LogP contribution in [0.15, 0.2) is 53.3 Å². The predicted molar refractivity (Wildman–Crippen MR) is 135 cm³/mol. The van der Waals surface area contributed by atoms with Gasteiger partial charge in [0.25, 0.3) is 11.8 Å². The van der Waals surface area contributed by atoms with E-state index in [-0.39, 0.29) is 47.7 Å². The van der Waals surface area contributed by atoms with E-state index in [0.29, 0.717) is 25.1 Å². The lowest BCUT2D eigenvalue weighted by molar-refractivity contribution is 0.0383. The third-order valence-electron chi connectivity index (χ3n) is 8.19. The second-order valence-corrected chi connectivity index (χ2v) is 10.4. The van der Waals surface area contributed by atoms with Gasteiger partial charge in [0.1, 0.15) is 23.8 Å². The Bertz CT molecular complexity index is 1520. The molecule has 196 valence electrons. The first-order chi connectivity index (χ1) is 18.3. The minimum absolute atomic E-state index is 0.0551. The van der Waals surface area contributed by atoms with Crippen LogP contribution in [0.5, 0.6) is 5.75 Å². The Balaban J connectivity index is 1.44. The van der Waals surface area contributed by atoms with Crippen molar-refractivity contribution in [1.82, 2.24) is 14.8 Å². The van der Waals surface area contributed by atoms with Crippen LogP contribution in [0.25, 0.3) is 0 Å². The maximum atomic E-state index is 14.2. The molecule has 38 heavy (non-hydrogen) atoms. The number of carbonyl (C=O) groups excluding carboxylic acids is 2. The van der Waals surface area contributed by atoms with Crippen LogP contribution in [-0.2, 0) is 19.6 Å². The van der Waals surface area contributed by atoms with Gasteiger partial charge in [-0.05, 0) is 44.2 Å². The SMILES string of the molecule is CC12CCCN1C(=O)c1c(OCc3ccccc3)c(=O)c(C(=O)NCc3ccc(F)cc3F)c3n1C2CC3. The van der Waals surface area contributed by atoms with Crippen molar-refractivity contribution < 1.29 is 23.1 Å². The lowest BCUT2D eigenvalue weighted by Crippen LogP contribution is -2.56. The van der Waals surface area contributed by atoms with E-state index >= 15 is 0 Å². The molecule has 0 radical (unpaired) electrons. The summed E-state index contributed by atoms with van der Waals surface area (Å²) in [5.41, 5.74) is 0.446. The number of benzene rings is 2. The van der Waals surface area contributed by atoms with E-state index in [2.05, 4.69) is 12.2 Å². The van der Waals surface area contributed by atoms with Gasteiger partial charge in [-0.25, -0.2) is 8.78 Å². The van der Waals surface area contributed by atoms with Crippen LogP contribution in [-0.4, -0.2) is 33.4 Å². The number of nitrogens with one attached hydrogen (secondary N) is 1. The molecule has 1 fully saturated rings. The largest absolute Gasteiger partial charge is 0.483 e. The van der Waals surface area contributed by atoms with Crippen molar-refractivity contribution in [3.8, 4) is 5.75 Å². The Morgan fingerprint density at radius 1 is 1.16 bits per heavy atom. The van der Waals surface area contributed by atoms with Crippen LogP contribution in [0.4, 0.5) is 8.78 Å². The topological polar surface area (TPSA) is 80.6 Å². The van der Waals surface area contributed by atoms with E-state index in [1.807, 2.05) is 39.8 Å². The quantitative estimate of drug-likeness (QED) is 0.531. The molecule has 0 bridgehead atoms. The summed E-state index contributed by atoms with van der Waals surface area (Å²) in [5.74, 6) is -2.58. The second kappa shape index (κ2) is 9.08. The fourth-order valence-corrected chi connectivity index (χ4v) is 6.32. The Kier molecular flexibility index (Phi) is 5.81. The van der Waals surface area contributed by atoms with Gasteiger partial charge >= 0.3 is 0 Å². The fourth-order valence-electron chi connectivity index (χ4n) is 6.32. The molecule has 3 aliphatic rings. The molecule has 3 aromatic rings. The molecule has 6 rings (SSSR count). The number of pyridine rings is 1. The number of nitrogens with zero attached hydrogens (tertiary/aromatic N) is 2. The summed E-state index contributed by atoms with van der Waals surface area (Å²) in [6, 6.07) is 12.3. The van der Waals surface area contributed by atoms with Crippen molar-refractivity contribution in [3.05, 3.63) is 98.5 Å². The first-order valence-corrected chi connectivity index (χ1v) is 12.8. The molecule has 2 unspecified atom stereocenters. The molecule has 0 saturated carbocycles. The lowest BCUT2D eigenvalue weighted by atomic mass is 9.85. The number of amides is 2. The molecular weight excluding hydrogens is 492 g/mol. The smallest absolute Gasteiger partial charge is 0.275 e. The van der Waals surface area contributed by atoms with E-state index in [4.69, 9.17) is 4.74 Å². The third kappa shape index (κ3) is 3.71.